The minimum Gasteiger partial charge on any atom is -0.465 e. The maximum atomic E-state index is 5.71. The van der Waals surface area contributed by atoms with E-state index in [1.54, 1.807) is 12.5 Å². The molecular formula is C31H31O2. The molecule has 3 aromatic rings. The summed E-state index contributed by atoms with van der Waals surface area (Å²) in [4.78, 5) is 0. The van der Waals surface area contributed by atoms with Gasteiger partial charge in [-0.25, -0.2) is 0 Å². The van der Waals surface area contributed by atoms with Crippen LogP contribution >= 0.6 is 0 Å². The van der Waals surface area contributed by atoms with Gasteiger partial charge in [-0.05, 0) is 65.9 Å². The Kier molecular flexibility index (Phi) is 9.83. The summed E-state index contributed by atoms with van der Waals surface area (Å²) in [5.41, 5.74) is 3.41. The van der Waals surface area contributed by atoms with Crippen LogP contribution in [0.1, 0.15) is 43.4 Å². The van der Waals surface area contributed by atoms with Gasteiger partial charge in [0.1, 0.15) is 11.5 Å². The molecule has 0 saturated heterocycles. The zero-order valence-corrected chi connectivity index (χ0v) is 19.4. The van der Waals surface area contributed by atoms with Crippen molar-refractivity contribution in [2.45, 2.75) is 26.7 Å². The lowest BCUT2D eigenvalue weighted by Gasteiger charge is -2.18. The van der Waals surface area contributed by atoms with Crippen LogP contribution in [0.2, 0.25) is 0 Å². The highest BCUT2D eigenvalue weighted by atomic mass is 16.5. The maximum Gasteiger partial charge on any atom is 0.126 e. The average molecular weight is 436 g/mol. The van der Waals surface area contributed by atoms with E-state index in [-0.39, 0.29) is 0 Å². The molecule has 1 radical (unpaired) electrons. The fourth-order valence-corrected chi connectivity index (χ4v) is 3.26. The zero-order chi connectivity index (χ0) is 23.1. The Morgan fingerprint density at radius 1 is 0.545 bits per heavy atom. The van der Waals surface area contributed by atoms with E-state index in [1.165, 1.54) is 0 Å². The van der Waals surface area contributed by atoms with E-state index in [2.05, 4.69) is 74.5 Å². The summed E-state index contributed by atoms with van der Waals surface area (Å²) in [6.45, 7) is 4.21. The highest BCUT2D eigenvalue weighted by Crippen LogP contribution is 2.32. The average Bonchev–Trinajstić information content (AvgIpc) is 2.86. The smallest absolute Gasteiger partial charge is 0.126 e. The Bertz CT molecular complexity index is 987. The first-order valence-corrected chi connectivity index (χ1v) is 11.4. The van der Waals surface area contributed by atoms with Crippen LogP contribution in [-0.2, 0) is 0 Å². The molecule has 2 heteroatoms. The third-order valence-electron chi connectivity index (χ3n) is 4.88. The van der Waals surface area contributed by atoms with Gasteiger partial charge in [-0.1, -0.05) is 92.7 Å². The van der Waals surface area contributed by atoms with Crippen molar-refractivity contribution in [3.05, 3.63) is 150 Å². The number of hydrogen-bond donors (Lipinski definition) is 0. The molecule has 0 aliphatic rings. The standard InChI is InChI=1S/C31H31O2/c1-3-5-7-12-24-32-29-20-16-27(17-21-29)31(26-14-10-9-11-15-26)28-18-22-30(23-19-28)33-25-13-8-6-4-2/h5-25H,3-4H2,1-2H3. The van der Waals surface area contributed by atoms with Crippen LogP contribution in [0.15, 0.2) is 128 Å². The molecule has 0 fully saturated rings. The Morgan fingerprint density at radius 2 is 0.970 bits per heavy atom. The summed E-state index contributed by atoms with van der Waals surface area (Å²) in [6.07, 6.45) is 17.4. The van der Waals surface area contributed by atoms with E-state index in [0.717, 1.165) is 46.9 Å². The van der Waals surface area contributed by atoms with Crippen molar-refractivity contribution < 1.29 is 9.47 Å². The molecule has 0 unspecified atom stereocenters. The quantitative estimate of drug-likeness (QED) is 0.171. The normalized spacial score (nSPS) is 12.0. The Hall–Kier alpha value is -3.78. The molecule has 0 spiro atoms. The maximum absolute atomic E-state index is 5.71. The second kappa shape index (κ2) is 13.6. The predicted molar refractivity (Wildman–Crippen MR) is 138 cm³/mol. The number of benzene rings is 3. The highest BCUT2D eigenvalue weighted by Gasteiger charge is 2.17. The predicted octanol–water partition coefficient (Wildman–Crippen LogP) is 8.42. The number of ether oxygens (including phenoxy) is 2. The third-order valence-corrected chi connectivity index (χ3v) is 4.88. The van der Waals surface area contributed by atoms with Gasteiger partial charge in [0.25, 0.3) is 0 Å². The van der Waals surface area contributed by atoms with E-state index in [1.807, 2.05) is 54.6 Å². The number of allylic oxidation sites excluding steroid dienone is 6. The van der Waals surface area contributed by atoms with Gasteiger partial charge >= 0.3 is 0 Å². The molecular weight excluding hydrogens is 404 g/mol. The molecule has 0 heterocycles. The summed E-state index contributed by atoms with van der Waals surface area (Å²) >= 11 is 0. The Labute approximate surface area is 198 Å². The molecule has 0 atom stereocenters. The van der Waals surface area contributed by atoms with Crippen molar-refractivity contribution in [3.8, 4) is 11.5 Å². The molecule has 0 bridgehead atoms. The molecule has 0 N–H and O–H groups in total. The first-order valence-electron chi connectivity index (χ1n) is 11.4. The summed E-state index contributed by atoms with van der Waals surface area (Å²) < 4.78 is 11.4. The van der Waals surface area contributed by atoms with Gasteiger partial charge in [0, 0.05) is 0 Å². The van der Waals surface area contributed by atoms with Gasteiger partial charge in [-0.15, -0.1) is 0 Å². The molecule has 0 saturated carbocycles. The summed E-state index contributed by atoms with van der Waals surface area (Å²) in [7, 11) is 0. The minimum absolute atomic E-state index is 0.806. The zero-order valence-electron chi connectivity index (χ0n) is 19.4. The lowest BCUT2D eigenvalue weighted by Crippen LogP contribution is -2.04. The van der Waals surface area contributed by atoms with Crippen molar-refractivity contribution in [3.63, 3.8) is 0 Å². The number of hydrogen-bond acceptors (Lipinski definition) is 2. The van der Waals surface area contributed by atoms with Gasteiger partial charge in [0.05, 0.1) is 18.4 Å². The first kappa shape index (κ1) is 23.9. The monoisotopic (exact) mass is 435 g/mol. The second-order valence-electron chi connectivity index (χ2n) is 7.36. The molecule has 3 rings (SSSR count). The fourth-order valence-electron chi connectivity index (χ4n) is 3.26. The van der Waals surface area contributed by atoms with E-state index >= 15 is 0 Å². The molecule has 0 aliphatic carbocycles. The Balaban J connectivity index is 1.78. The van der Waals surface area contributed by atoms with E-state index in [9.17, 15) is 0 Å². The molecule has 0 aliphatic heterocycles. The second-order valence-corrected chi connectivity index (χ2v) is 7.36. The largest absolute Gasteiger partial charge is 0.465 e. The molecule has 0 aromatic heterocycles. The lowest BCUT2D eigenvalue weighted by molar-refractivity contribution is 0.481. The molecule has 3 aromatic carbocycles. The van der Waals surface area contributed by atoms with Crippen LogP contribution in [0.25, 0.3) is 0 Å². The molecule has 167 valence electrons. The van der Waals surface area contributed by atoms with Crippen molar-refractivity contribution in [1.29, 1.82) is 0 Å². The van der Waals surface area contributed by atoms with Crippen molar-refractivity contribution in [2.75, 3.05) is 0 Å². The number of rotatable bonds is 11. The molecule has 33 heavy (non-hydrogen) atoms. The lowest BCUT2D eigenvalue weighted by atomic mass is 9.85. The van der Waals surface area contributed by atoms with Crippen molar-refractivity contribution in [1.82, 2.24) is 0 Å². The van der Waals surface area contributed by atoms with Crippen molar-refractivity contribution in [2.24, 2.45) is 0 Å². The van der Waals surface area contributed by atoms with Crippen LogP contribution in [0.4, 0.5) is 0 Å². The van der Waals surface area contributed by atoms with Crippen LogP contribution in [0, 0.1) is 5.92 Å². The van der Waals surface area contributed by atoms with Crippen LogP contribution < -0.4 is 9.47 Å². The third kappa shape index (κ3) is 7.69. The SMILES string of the molecule is CCC=CC=COc1ccc([C](c2ccccc2)c2ccc(OC=CC=CCC)cc2)cc1. The minimum atomic E-state index is 0.806. The van der Waals surface area contributed by atoms with Gasteiger partial charge in [0.15, 0.2) is 0 Å². The van der Waals surface area contributed by atoms with Crippen molar-refractivity contribution >= 4 is 0 Å². The highest BCUT2D eigenvalue weighted by molar-refractivity contribution is 5.58. The summed E-state index contributed by atoms with van der Waals surface area (Å²) in [5, 5.41) is 0. The topological polar surface area (TPSA) is 18.5 Å². The Morgan fingerprint density at radius 3 is 1.39 bits per heavy atom. The summed E-state index contributed by atoms with van der Waals surface area (Å²) in [6, 6.07) is 26.8. The van der Waals surface area contributed by atoms with E-state index < -0.39 is 0 Å². The van der Waals surface area contributed by atoms with Crippen LogP contribution in [0.3, 0.4) is 0 Å². The van der Waals surface area contributed by atoms with Crippen LogP contribution in [-0.4, -0.2) is 0 Å². The summed E-state index contributed by atoms with van der Waals surface area (Å²) in [5.74, 6) is 2.77. The molecule has 2 nitrogen and oxygen atoms in total. The van der Waals surface area contributed by atoms with Gasteiger partial charge < -0.3 is 9.47 Å². The van der Waals surface area contributed by atoms with E-state index in [4.69, 9.17) is 9.47 Å². The molecule has 0 amide bonds. The van der Waals surface area contributed by atoms with Gasteiger partial charge in [0.2, 0.25) is 0 Å². The van der Waals surface area contributed by atoms with E-state index in [0.29, 0.717) is 0 Å². The first-order chi connectivity index (χ1) is 16.3. The van der Waals surface area contributed by atoms with Crippen LogP contribution in [0.5, 0.6) is 11.5 Å². The fraction of sp³-hybridized carbons (Fsp3) is 0.129. The van der Waals surface area contributed by atoms with Gasteiger partial charge in [-0.3, -0.25) is 0 Å². The van der Waals surface area contributed by atoms with Gasteiger partial charge in [-0.2, -0.15) is 0 Å².